The van der Waals surface area contributed by atoms with Crippen molar-refractivity contribution in [1.29, 1.82) is 0 Å². The Kier molecular flexibility index (Phi) is 5.15. The Morgan fingerprint density at radius 1 is 1.22 bits per heavy atom. The molecule has 0 N–H and O–H groups in total. The van der Waals surface area contributed by atoms with Gasteiger partial charge in [0.2, 0.25) is 7.37 Å². The van der Waals surface area contributed by atoms with Crippen LogP contribution in [-0.4, -0.2) is 54.5 Å². The molecule has 2 aliphatic rings. The second-order valence-corrected chi connectivity index (χ2v) is 12.2. The highest BCUT2D eigenvalue weighted by Gasteiger charge is 2.60. The molecular formula is C17H33O5P. The molecule has 2 unspecified atom stereocenters. The molecule has 2 saturated heterocycles. The molecule has 2 fully saturated rings. The molecule has 0 aromatic carbocycles. The van der Waals surface area contributed by atoms with Crippen LogP contribution in [0.25, 0.3) is 0 Å². The van der Waals surface area contributed by atoms with E-state index in [1.807, 2.05) is 48.5 Å². The Morgan fingerprint density at radius 3 is 2.35 bits per heavy atom. The van der Waals surface area contributed by atoms with Gasteiger partial charge in [-0.25, -0.2) is 0 Å². The minimum Gasteiger partial charge on any atom is -0.373 e. The third kappa shape index (κ3) is 4.01. The Labute approximate surface area is 140 Å². The van der Waals surface area contributed by atoms with E-state index in [1.54, 1.807) is 6.66 Å². The molecular weight excluding hydrogens is 315 g/mol. The molecule has 2 aliphatic heterocycles. The predicted octanol–water partition coefficient (Wildman–Crippen LogP) is 3.84. The minimum atomic E-state index is -2.83. The van der Waals surface area contributed by atoms with E-state index in [2.05, 4.69) is 0 Å². The van der Waals surface area contributed by atoms with E-state index in [1.165, 1.54) is 0 Å². The lowest BCUT2D eigenvalue weighted by molar-refractivity contribution is -0.164. The van der Waals surface area contributed by atoms with E-state index in [0.717, 1.165) is 0 Å². The van der Waals surface area contributed by atoms with Crippen LogP contribution < -0.4 is 0 Å². The highest BCUT2D eigenvalue weighted by Crippen LogP contribution is 2.59. The zero-order valence-electron chi connectivity index (χ0n) is 15.8. The maximum atomic E-state index is 13.1. The van der Waals surface area contributed by atoms with Crippen molar-refractivity contribution in [2.45, 2.75) is 89.6 Å². The van der Waals surface area contributed by atoms with E-state index in [0.29, 0.717) is 19.6 Å². The van der Waals surface area contributed by atoms with Crippen LogP contribution in [0.1, 0.15) is 54.9 Å². The summed E-state index contributed by atoms with van der Waals surface area (Å²) in [6, 6.07) is 0. The van der Waals surface area contributed by atoms with Crippen molar-refractivity contribution in [2.75, 3.05) is 19.9 Å². The molecule has 2 heterocycles. The number of ether oxygens (including phenoxy) is 3. The van der Waals surface area contributed by atoms with Crippen LogP contribution in [0.2, 0.25) is 0 Å². The third-order valence-corrected chi connectivity index (χ3v) is 7.88. The number of rotatable bonds is 4. The van der Waals surface area contributed by atoms with Gasteiger partial charge in [0.15, 0.2) is 0 Å². The molecule has 136 valence electrons. The summed E-state index contributed by atoms with van der Waals surface area (Å²) in [5.41, 5.74) is -0.839. The van der Waals surface area contributed by atoms with Crippen LogP contribution in [0, 0.1) is 0 Å². The van der Waals surface area contributed by atoms with Crippen molar-refractivity contribution < 1.29 is 23.3 Å². The van der Waals surface area contributed by atoms with Crippen molar-refractivity contribution in [3.05, 3.63) is 0 Å². The fourth-order valence-electron chi connectivity index (χ4n) is 2.90. The molecule has 0 aromatic heterocycles. The Balaban J connectivity index is 2.26. The van der Waals surface area contributed by atoms with Crippen molar-refractivity contribution >= 4 is 7.37 Å². The molecule has 2 bridgehead atoms. The zero-order valence-corrected chi connectivity index (χ0v) is 16.7. The maximum absolute atomic E-state index is 13.1. The zero-order chi connectivity index (χ0) is 17.7. The van der Waals surface area contributed by atoms with E-state index < -0.39 is 18.1 Å². The van der Waals surface area contributed by atoms with Crippen LogP contribution in [0.15, 0.2) is 0 Å². The maximum Gasteiger partial charge on any atom is 0.205 e. The first kappa shape index (κ1) is 19.4. The average molecular weight is 348 g/mol. The Bertz CT molecular complexity index is 478. The molecule has 5 nitrogen and oxygen atoms in total. The Morgan fingerprint density at radius 2 is 1.83 bits per heavy atom. The second kappa shape index (κ2) is 6.10. The standard InChI is InChI=1S/C17H33O5P/c1-12-13-14(22-23(8,18)16(5,6)7)17(21-12,9-10-19-13)11-20-15(2,3)4/h12-14H,9-11H2,1-8H3/t12-,13+,14?,17+,23?/m0/s1. The third-order valence-electron chi connectivity index (χ3n) is 4.82. The SMILES string of the molecule is C[C@@H]1O[C@@]2(COC(C)(C)C)CCO[C@H]1C2OP(C)(=O)C(C)(C)C. The van der Waals surface area contributed by atoms with Gasteiger partial charge in [-0.3, -0.25) is 4.57 Å². The van der Waals surface area contributed by atoms with Crippen LogP contribution in [-0.2, 0) is 23.3 Å². The van der Waals surface area contributed by atoms with Crippen molar-refractivity contribution in [1.82, 2.24) is 0 Å². The van der Waals surface area contributed by atoms with Gasteiger partial charge in [-0.1, -0.05) is 20.8 Å². The molecule has 0 aliphatic carbocycles. The van der Waals surface area contributed by atoms with E-state index in [9.17, 15) is 4.57 Å². The van der Waals surface area contributed by atoms with Gasteiger partial charge in [-0.15, -0.1) is 0 Å². The lowest BCUT2D eigenvalue weighted by Gasteiger charge is -2.42. The molecule has 0 radical (unpaired) electrons. The first-order chi connectivity index (χ1) is 10.3. The van der Waals surface area contributed by atoms with Gasteiger partial charge in [0, 0.05) is 18.2 Å². The summed E-state index contributed by atoms with van der Waals surface area (Å²) in [4.78, 5) is 0. The van der Waals surface area contributed by atoms with Gasteiger partial charge < -0.3 is 18.7 Å². The summed E-state index contributed by atoms with van der Waals surface area (Å²) >= 11 is 0. The van der Waals surface area contributed by atoms with Gasteiger partial charge in [0.05, 0.1) is 24.9 Å². The summed E-state index contributed by atoms with van der Waals surface area (Å²) in [7, 11) is -2.83. The first-order valence-corrected chi connectivity index (χ1v) is 10.5. The van der Waals surface area contributed by atoms with Crippen LogP contribution in [0.4, 0.5) is 0 Å². The first-order valence-electron chi connectivity index (χ1n) is 8.47. The van der Waals surface area contributed by atoms with Crippen LogP contribution in [0.5, 0.6) is 0 Å². The lowest BCUT2D eigenvalue weighted by atomic mass is 9.89. The summed E-state index contributed by atoms with van der Waals surface area (Å²) in [6.07, 6.45) is 0.0521. The molecule has 0 saturated carbocycles. The second-order valence-electron chi connectivity index (χ2n) is 8.92. The fourth-order valence-corrected chi connectivity index (χ4v) is 3.96. The topological polar surface area (TPSA) is 54.0 Å². The normalized spacial score (nSPS) is 37.7. The van der Waals surface area contributed by atoms with Gasteiger partial charge >= 0.3 is 0 Å². The average Bonchev–Trinajstić information content (AvgIpc) is 2.51. The molecule has 0 aromatic rings. The monoisotopic (exact) mass is 348 g/mol. The van der Waals surface area contributed by atoms with E-state index in [4.69, 9.17) is 18.7 Å². The highest BCUT2D eigenvalue weighted by atomic mass is 31.2. The minimum absolute atomic E-state index is 0.0916. The summed E-state index contributed by atoms with van der Waals surface area (Å²) in [6.45, 7) is 16.7. The number of hydrogen-bond acceptors (Lipinski definition) is 5. The van der Waals surface area contributed by atoms with Gasteiger partial charge in [0.1, 0.15) is 17.8 Å². The van der Waals surface area contributed by atoms with Crippen molar-refractivity contribution in [3.8, 4) is 0 Å². The molecule has 0 spiro atoms. The number of hydrogen-bond donors (Lipinski definition) is 0. The van der Waals surface area contributed by atoms with Crippen LogP contribution in [0.3, 0.4) is 0 Å². The highest BCUT2D eigenvalue weighted by molar-refractivity contribution is 7.59. The van der Waals surface area contributed by atoms with Crippen molar-refractivity contribution in [3.63, 3.8) is 0 Å². The molecule has 6 heteroatoms. The van der Waals surface area contributed by atoms with Crippen LogP contribution >= 0.6 is 7.37 Å². The quantitative estimate of drug-likeness (QED) is 0.723. The van der Waals surface area contributed by atoms with Gasteiger partial charge in [0.25, 0.3) is 0 Å². The molecule has 0 amide bonds. The summed E-state index contributed by atoms with van der Waals surface area (Å²) in [5, 5.41) is -0.417. The largest absolute Gasteiger partial charge is 0.373 e. The molecule has 23 heavy (non-hydrogen) atoms. The lowest BCUT2D eigenvalue weighted by Crippen LogP contribution is -2.54. The summed E-state index contributed by atoms with van der Waals surface area (Å²) in [5.74, 6) is 0. The molecule has 2 rings (SSSR count). The predicted molar refractivity (Wildman–Crippen MR) is 91.5 cm³/mol. The van der Waals surface area contributed by atoms with E-state index in [-0.39, 0.29) is 23.9 Å². The van der Waals surface area contributed by atoms with Crippen molar-refractivity contribution in [2.24, 2.45) is 0 Å². The Hall–Kier alpha value is 0.0700. The van der Waals surface area contributed by atoms with Gasteiger partial charge in [-0.05, 0) is 27.7 Å². The molecule has 5 atom stereocenters. The van der Waals surface area contributed by atoms with E-state index >= 15 is 0 Å². The number of fused-ring (bicyclic) bond motifs is 2. The fraction of sp³-hybridized carbons (Fsp3) is 1.00. The van der Waals surface area contributed by atoms with Gasteiger partial charge in [-0.2, -0.15) is 0 Å². The smallest absolute Gasteiger partial charge is 0.205 e. The summed E-state index contributed by atoms with van der Waals surface area (Å²) < 4.78 is 37.4.